The number of carbonyl (C=O) groups is 1. The van der Waals surface area contributed by atoms with Crippen LogP contribution in [0.15, 0.2) is 27.6 Å². The third-order valence-electron chi connectivity index (χ3n) is 2.82. The highest BCUT2D eigenvalue weighted by molar-refractivity contribution is 9.10. The van der Waals surface area contributed by atoms with Crippen LogP contribution in [0.5, 0.6) is 0 Å². The topological polar surface area (TPSA) is 29.1 Å². The molecule has 0 saturated carbocycles. The van der Waals surface area contributed by atoms with Gasteiger partial charge in [0.1, 0.15) is 0 Å². The number of halogens is 1. The second-order valence-electron chi connectivity index (χ2n) is 4.53. The highest BCUT2D eigenvalue weighted by Crippen LogP contribution is 2.20. The van der Waals surface area contributed by atoms with E-state index in [-0.39, 0.29) is 11.9 Å². The van der Waals surface area contributed by atoms with Gasteiger partial charge in [-0.3, -0.25) is 4.79 Å². The SMILES string of the molecule is CCCCCC(C)NC(=O)c1ccc(Br)cc1S. The fourth-order valence-electron chi connectivity index (χ4n) is 1.77. The van der Waals surface area contributed by atoms with Gasteiger partial charge < -0.3 is 5.32 Å². The van der Waals surface area contributed by atoms with Crippen LogP contribution in [0.2, 0.25) is 0 Å². The van der Waals surface area contributed by atoms with E-state index in [0.717, 1.165) is 17.3 Å². The van der Waals surface area contributed by atoms with Gasteiger partial charge in [0.15, 0.2) is 0 Å². The zero-order chi connectivity index (χ0) is 13.5. The summed E-state index contributed by atoms with van der Waals surface area (Å²) in [4.78, 5) is 12.7. The zero-order valence-corrected chi connectivity index (χ0v) is 13.4. The van der Waals surface area contributed by atoms with Crippen LogP contribution >= 0.6 is 28.6 Å². The molecular formula is C14H20BrNOS. The molecule has 0 bridgehead atoms. The molecule has 1 atom stereocenters. The van der Waals surface area contributed by atoms with Crippen LogP contribution in [0.3, 0.4) is 0 Å². The summed E-state index contributed by atoms with van der Waals surface area (Å²) in [5.74, 6) is -0.0449. The number of rotatable bonds is 6. The highest BCUT2D eigenvalue weighted by Gasteiger charge is 2.12. The molecule has 1 amide bonds. The van der Waals surface area contributed by atoms with Gasteiger partial charge in [0.05, 0.1) is 5.56 Å². The lowest BCUT2D eigenvalue weighted by molar-refractivity contribution is 0.0935. The Labute approximate surface area is 123 Å². The van der Waals surface area contributed by atoms with Crippen molar-refractivity contribution in [3.05, 3.63) is 28.2 Å². The van der Waals surface area contributed by atoms with E-state index < -0.39 is 0 Å². The van der Waals surface area contributed by atoms with Gasteiger partial charge in [-0.25, -0.2) is 0 Å². The van der Waals surface area contributed by atoms with Gasteiger partial charge in [-0.1, -0.05) is 42.1 Å². The highest BCUT2D eigenvalue weighted by atomic mass is 79.9. The van der Waals surface area contributed by atoms with Crippen LogP contribution in [0.25, 0.3) is 0 Å². The number of carbonyl (C=O) groups excluding carboxylic acids is 1. The van der Waals surface area contributed by atoms with Crippen LogP contribution in [0, 0.1) is 0 Å². The van der Waals surface area contributed by atoms with Gasteiger partial charge in [0, 0.05) is 15.4 Å². The van der Waals surface area contributed by atoms with Crippen LogP contribution in [-0.2, 0) is 0 Å². The fourth-order valence-corrected chi connectivity index (χ4v) is 2.62. The maximum Gasteiger partial charge on any atom is 0.252 e. The minimum atomic E-state index is -0.0449. The Morgan fingerprint density at radius 1 is 1.44 bits per heavy atom. The van der Waals surface area contributed by atoms with E-state index in [9.17, 15) is 4.79 Å². The Morgan fingerprint density at radius 2 is 2.17 bits per heavy atom. The molecule has 4 heteroatoms. The van der Waals surface area contributed by atoms with E-state index in [1.54, 1.807) is 6.07 Å². The molecule has 0 aromatic heterocycles. The molecule has 0 fully saturated rings. The quantitative estimate of drug-likeness (QED) is 0.586. The molecule has 0 aliphatic carbocycles. The maximum absolute atomic E-state index is 12.0. The third kappa shape index (κ3) is 5.02. The van der Waals surface area contributed by atoms with Gasteiger partial charge >= 0.3 is 0 Å². The van der Waals surface area contributed by atoms with Crippen molar-refractivity contribution in [3.63, 3.8) is 0 Å². The van der Waals surface area contributed by atoms with Crippen molar-refractivity contribution >= 4 is 34.5 Å². The molecule has 0 aliphatic rings. The van der Waals surface area contributed by atoms with E-state index in [1.807, 2.05) is 19.1 Å². The lowest BCUT2D eigenvalue weighted by Crippen LogP contribution is -2.32. The predicted molar refractivity (Wildman–Crippen MR) is 82.5 cm³/mol. The van der Waals surface area contributed by atoms with Crippen molar-refractivity contribution in [2.75, 3.05) is 0 Å². The van der Waals surface area contributed by atoms with Crippen LogP contribution < -0.4 is 5.32 Å². The Kier molecular flexibility index (Phi) is 6.79. The summed E-state index contributed by atoms with van der Waals surface area (Å²) in [6.45, 7) is 4.23. The van der Waals surface area contributed by atoms with E-state index in [2.05, 4.69) is 40.8 Å². The second kappa shape index (κ2) is 7.85. The Bertz CT molecular complexity index is 409. The number of benzene rings is 1. The summed E-state index contributed by atoms with van der Waals surface area (Å²) in [6, 6.07) is 5.69. The average molecular weight is 330 g/mol. The normalized spacial score (nSPS) is 12.2. The lowest BCUT2D eigenvalue weighted by atomic mass is 10.1. The summed E-state index contributed by atoms with van der Waals surface area (Å²) in [5, 5.41) is 3.01. The second-order valence-corrected chi connectivity index (χ2v) is 5.93. The minimum Gasteiger partial charge on any atom is -0.350 e. The monoisotopic (exact) mass is 329 g/mol. The summed E-state index contributed by atoms with van der Waals surface area (Å²) in [7, 11) is 0. The molecule has 0 aliphatic heterocycles. The van der Waals surface area contributed by atoms with Crippen molar-refractivity contribution in [3.8, 4) is 0 Å². The predicted octanol–water partition coefficient (Wildman–Crippen LogP) is 4.44. The fraction of sp³-hybridized carbons (Fsp3) is 0.500. The van der Waals surface area contributed by atoms with Crippen molar-refractivity contribution < 1.29 is 4.79 Å². The summed E-state index contributed by atoms with van der Waals surface area (Å²) >= 11 is 7.68. The summed E-state index contributed by atoms with van der Waals surface area (Å²) < 4.78 is 0.931. The van der Waals surface area contributed by atoms with E-state index in [4.69, 9.17) is 0 Å². The molecular weight excluding hydrogens is 310 g/mol. The zero-order valence-electron chi connectivity index (χ0n) is 10.9. The first kappa shape index (κ1) is 15.6. The lowest BCUT2D eigenvalue weighted by Gasteiger charge is -2.14. The number of unbranched alkanes of at least 4 members (excludes halogenated alkanes) is 2. The van der Waals surface area contributed by atoms with Crippen molar-refractivity contribution in [2.45, 2.75) is 50.5 Å². The van der Waals surface area contributed by atoms with Gasteiger partial charge in [-0.15, -0.1) is 12.6 Å². The summed E-state index contributed by atoms with van der Waals surface area (Å²) in [6.07, 6.45) is 4.61. The molecule has 0 heterocycles. The first-order valence-corrected chi connectivity index (χ1v) is 7.58. The molecule has 0 radical (unpaired) electrons. The first-order chi connectivity index (χ1) is 8.54. The molecule has 18 heavy (non-hydrogen) atoms. The third-order valence-corrected chi connectivity index (χ3v) is 3.69. The van der Waals surface area contributed by atoms with E-state index >= 15 is 0 Å². The van der Waals surface area contributed by atoms with Gasteiger partial charge in [0.25, 0.3) is 5.91 Å². The Morgan fingerprint density at radius 3 is 2.78 bits per heavy atom. The Balaban J connectivity index is 2.54. The molecule has 100 valence electrons. The van der Waals surface area contributed by atoms with Crippen LogP contribution in [0.1, 0.15) is 49.9 Å². The molecule has 1 aromatic rings. The maximum atomic E-state index is 12.0. The number of hydrogen-bond acceptors (Lipinski definition) is 2. The van der Waals surface area contributed by atoms with Gasteiger partial charge in [-0.2, -0.15) is 0 Å². The van der Waals surface area contributed by atoms with Crippen molar-refractivity contribution in [2.24, 2.45) is 0 Å². The first-order valence-electron chi connectivity index (χ1n) is 6.34. The molecule has 0 saturated heterocycles. The van der Waals surface area contributed by atoms with Crippen LogP contribution in [-0.4, -0.2) is 11.9 Å². The average Bonchev–Trinajstić information content (AvgIpc) is 2.28. The number of hydrogen-bond donors (Lipinski definition) is 2. The van der Waals surface area contributed by atoms with Gasteiger partial charge in [-0.05, 0) is 31.5 Å². The van der Waals surface area contributed by atoms with E-state index in [0.29, 0.717) is 10.5 Å². The molecule has 1 N–H and O–H groups in total. The molecule has 0 spiro atoms. The molecule has 1 unspecified atom stereocenters. The largest absolute Gasteiger partial charge is 0.350 e. The summed E-state index contributed by atoms with van der Waals surface area (Å²) in [5.41, 5.74) is 0.629. The number of thiol groups is 1. The number of nitrogens with one attached hydrogen (secondary N) is 1. The Hall–Kier alpha value is -0.480. The van der Waals surface area contributed by atoms with Crippen molar-refractivity contribution in [1.29, 1.82) is 0 Å². The smallest absolute Gasteiger partial charge is 0.252 e. The minimum absolute atomic E-state index is 0.0449. The molecule has 2 nitrogen and oxygen atoms in total. The molecule has 1 aromatic carbocycles. The molecule has 1 rings (SSSR count). The van der Waals surface area contributed by atoms with Crippen LogP contribution in [0.4, 0.5) is 0 Å². The van der Waals surface area contributed by atoms with Crippen molar-refractivity contribution in [1.82, 2.24) is 5.32 Å². The van der Waals surface area contributed by atoms with Gasteiger partial charge in [0.2, 0.25) is 0 Å². The number of amides is 1. The standard InChI is InChI=1S/C14H20BrNOS/c1-3-4-5-6-10(2)16-14(17)12-8-7-11(15)9-13(12)18/h7-10,18H,3-6H2,1-2H3,(H,16,17). The van der Waals surface area contributed by atoms with E-state index in [1.165, 1.54) is 12.8 Å².